The molecule has 3 aromatic carbocycles. The largest absolute Gasteiger partial charge is 0.492 e. The van der Waals surface area contributed by atoms with Gasteiger partial charge in [-0.05, 0) is 60.7 Å². The van der Waals surface area contributed by atoms with E-state index < -0.39 is 22.0 Å². The first kappa shape index (κ1) is 22.9. The Morgan fingerprint density at radius 1 is 1.09 bits per heavy atom. The van der Waals surface area contributed by atoms with Crippen molar-refractivity contribution in [2.45, 2.75) is 11.0 Å². The van der Waals surface area contributed by atoms with Crippen LogP contribution in [-0.4, -0.2) is 40.1 Å². The summed E-state index contributed by atoms with van der Waals surface area (Å²) in [6.07, 6.45) is -1.06. The lowest BCUT2D eigenvalue weighted by molar-refractivity contribution is -0.127. The van der Waals surface area contributed by atoms with Crippen LogP contribution in [0, 0.1) is 5.82 Å². The molecule has 1 heterocycles. The molecule has 1 aliphatic heterocycles. The molecule has 1 N–H and O–H groups in total. The summed E-state index contributed by atoms with van der Waals surface area (Å²) in [6.45, 7) is 0.0990. The van der Waals surface area contributed by atoms with Crippen molar-refractivity contribution in [2.75, 3.05) is 24.0 Å². The number of nitrogens with zero attached hydrogens (tertiary/aromatic N) is 1. The highest BCUT2D eigenvalue weighted by atomic mass is 35.5. The monoisotopic (exact) mass is 490 g/mol. The molecule has 0 spiro atoms. The molecule has 0 saturated carbocycles. The lowest BCUT2D eigenvalue weighted by Crippen LogP contribution is -2.51. The lowest BCUT2D eigenvalue weighted by atomic mass is 10.2. The Labute approximate surface area is 195 Å². The highest BCUT2D eigenvalue weighted by molar-refractivity contribution is 7.92. The van der Waals surface area contributed by atoms with Gasteiger partial charge in [-0.3, -0.25) is 9.10 Å². The number of rotatable bonds is 7. The third-order valence-electron chi connectivity index (χ3n) is 4.91. The molecule has 0 saturated heterocycles. The van der Waals surface area contributed by atoms with Crippen LogP contribution < -0.4 is 19.1 Å². The van der Waals surface area contributed by atoms with Crippen LogP contribution in [0.25, 0.3) is 0 Å². The zero-order valence-electron chi connectivity index (χ0n) is 17.3. The molecule has 1 atom stereocenters. The molecule has 1 aliphatic rings. The molecule has 3 aromatic rings. The molecule has 0 fully saturated rings. The van der Waals surface area contributed by atoms with Gasteiger partial charge in [0.2, 0.25) is 0 Å². The van der Waals surface area contributed by atoms with E-state index in [4.69, 9.17) is 21.1 Å². The maximum Gasteiger partial charge on any atom is 0.264 e. The molecule has 0 unspecified atom stereocenters. The van der Waals surface area contributed by atoms with Crippen molar-refractivity contribution in [3.05, 3.63) is 83.6 Å². The molecule has 7 nitrogen and oxygen atoms in total. The number of halogens is 2. The van der Waals surface area contributed by atoms with E-state index in [0.29, 0.717) is 16.5 Å². The average Bonchev–Trinajstić information content (AvgIpc) is 2.82. The molecule has 0 aromatic heterocycles. The maximum atomic E-state index is 13.3. The Hall–Kier alpha value is -3.30. The first-order chi connectivity index (χ1) is 15.8. The van der Waals surface area contributed by atoms with Crippen LogP contribution >= 0.6 is 11.6 Å². The Balaban J connectivity index is 1.46. The summed E-state index contributed by atoms with van der Waals surface area (Å²) in [5, 5.41) is 3.10. The number of carbonyl (C=O) groups is 1. The van der Waals surface area contributed by atoms with Crippen LogP contribution in [-0.2, 0) is 14.8 Å². The number of benzene rings is 3. The van der Waals surface area contributed by atoms with Crippen LogP contribution in [0.5, 0.6) is 11.5 Å². The van der Waals surface area contributed by atoms with E-state index in [-0.39, 0.29) is 36.2 Å². The number of hydrogen-bond donors (Lipinski definition) is 1. The molecule has 1 amide bonds. The van der Waals surface area contributed by atoms with E-state index in [9.17, 15) is 17.6 Å². The van der Waals surface area contributed by atoms with Crippen molar-refractivity contribution in [3.8, 4) is 11.5 Å². The summed E-state index contributed by atoms with van der Waals surface area (Å²) in [5.41, 5.74) is 0.344. The molecule has 172 valence electrons. The Morgan fingerprint density at radius 3 is 2.52 bits per heavy atom. The number of ether oxygens (including phenoxy) is 2. The number of para-hydroxylation sites is 2. The summed E-state index contributed by atoms with van der Waals surface area (Å²) >= 11 is 5.89. The first-order valence-corrected chi connectivity index (χ1v) is 11.9. The third-order valence-corrected chi connectivity index (χ3v) is 6.96. The number of hydrogen-bond acceptors (Lipinski definition) is 5. The second kappa shape index (κ2) is 9.68. The van der Waals surface area contributed by atoms with Crippen LogP contribution in [0.2, 0.25) is 5.02 Å². The number of carbonyl (C=O) groups excluding carboxylic acids is 1. The zero-order chi connectivity index (χ0) is 23.4. The second-order valence-electron chi connectivity index (χ2n) is 7.16. The van der Waals surface area contributed by atoms with Crippen molar-refractivity contribution in [1.82, 2.24) is 5.32 Å². The average molecular weight is 491 g/mol. The van der Waals surface area contributed by atoms with Gasteiger partial charge in [-0.25, -0.2) is 12.8 Å². The van der Waals surface area contributed by atoms with Crippen molar-refractivity contribution in [2.24, 2.45) is 0 Å². The molecule has 0 radical (unpaired) electrons. The fourth-order valence-electron chi connectivity index (χ4n) is 3.29. The van der Waals surface area contributed by atoms with Gasteiger partial charge in [0.25, 0.3) is 15.9 Å². The van der Waals surface area contributed by atoms with Gasteiger partial charge in [-0.2, -0.15) is 0 Å². The van der Waals surface area contributed by atoms with Gasteiger partial charge in [0.15, 0.2) is 6.10 Å². The number of sulfonamides is 1. The molecular formula is C23H20ClFN2O5S. The number of anilines is 1. The van der Waals surface area contributed by atoms with Gasteiger partial charge < -0.3 is 14.8 Å². The minimum Gasteiger partial charge on any atom is -0.492 e. The van der Waals surface area contributed by atoms with E-state index in [0.717, 1.165) is 4.31 Å². The quantitative estimate of drug-likeness (QED) is 0.511. The van der Waals surface area contributed by atoms with Crippen LogP contribution in [0.1, 0.15) is 0 Å². The number of amides is 1. The Kier molecular flexibility index (Phi) is 6.71. The van der Waals surface area contributed by atoms with Gasteiger partial charge in [0.05, 0.1) is 23.7 Å². The smallest absolute Gasteiger partial charge is 0.264 e. The molecule has 10 heteroatoms. The van der Waals surface area contributed by atoms with Crippen molar-refractivity contribution in [1.29, 1.82) is 0 Å². The highest BCUT2D eigenvalue weighted by Crippen LogP contribution is 2.36. The Morgan fingerprint density at radius 2 is 1.79 bits per heavy atom. The van der Waals surface area contributed by atoms with Gasteiger partial charge in [-0.15, -0.1) is 0 Å². The van der Waals surface area contributed by atoms with Gasteiger partial charge in [0, 0.05) is 5.02 Å². The summed E-state index contributed by atoms with van der Waals surface area (Å²) in [6, 6.07) is 17.9. The first-order valence-electron chi connectivity index (χ1n) is 10.0. The molecular weight excluding hydrogens is 471 g/mol. The number of nitrogens with one attached hydrogen (secondary N) is 1. The molecule has 33 heavy (non-hydrogen) atoms. The van der Waals surface area contributed by atoms with Gasteiger partial charge in [-0.1, -0.05) is 23.7 Å². The maximum absolute atomic E-state index is 13.3. The lowest BCUT2D eigenvalue weighted by Gasteiger charge is -2.34. The van der Waals surface area contributed by atoms with Crippen LogP contribution in [0.4, 0.5) is 10.1 Å². The van der Waals surface area contributed by atoms with Crippen molar-refractivity contribution in [3.63, 3.8) is 0 Å². The summed E-state index contributed by atoms with van der Waals surface area (Å²) in [5.74, 6) is -0.107. The van der Waals surface area contributed by atoms with E-state index in [2.05, 4.69) is 5.32 Å². The highest BCUT2D eigenvalue weighted by Gasteiger charge is 2.37. The van der Waals surface area contributed by atoms with E-state index in [1.165, 1.54) is 48.5 Å². The summed E-state index contributed by atoms with van der Waals surface area (Å²) < 4.78 is 52.0. The third kappa shape index (κ3) is 5.20. The van der Waals surface area contributed by atoms with Crippen LogP contribution in [0.15, 0.2) is 77.7 Å². The fourth-order valence-corrected chi connectivity index (χ4v) is 4.89. The van der Waals surface area contributed by atoms with Crippen LogP contribution in [0.3, 0.4) is 0 Å². The second-order valence-corrected chi connectivity index (χ2v) is 9.46. The summed E-state index contributed by atoms with van der Waals surface area (Å²) in [7, 11) is -3.96. The van der Waals surface area contributed by atoms with Crippen molar-refractivity contribution < 1.29 is 27.1 Å². The minimum atomic E-state index is -3.96. The molecule has 0 bridgehead atoms. The zero-order valence-corrected chi connectivity index (χ0v) is 18.9. The fraction of sp³-hybridized carbons (Fsp3) is 0.174. The number of fused-ring (bicyclic) bond motifs is 1. The standard InChI is InChI=1S/C23H20ClFN2O5S/c24-16-5-11-19(12-6-16)33(29,30)27-15-22(32-21-4-2-1-3-20(21)27)23(28)26-13-14-31-18-9-7-17(25)8-10-18/h1-12,22H,13-15H2,(H,26,28)/t22-/m1/s1. The normalized spacial score (nSPS) is 15.3. The van der Waals surface area contributed by atoms with Crippen molar-refractivity contribution >= 4 is 33.2 Å². The topological polar surface area (TPSA) is 84.9 Å². The van der Waals surface area contributed by atoms with Gasteiger partial charge in [0.1, 0.15) is 23.9 Å². The molecule has 4 rings (SSSR count). The van der Waals surface area contributed by atoms with Gasteiger partial charge >= 0.3 is 0 Å². The predicted octanol–water partition coefficient (Wildman–Crippen LogP) is 3.63. The van der Waals surface area contributed by atoms with E-state index in [1.54, 1.807) is 24.3 Å². The predicted molar refractivity (Wildman–Crippen MR) is 122 cm³/mol. The van der Waals surface area contributed by atoms with E-state index >= 15 is 0 Å². The Bertz CT molecular complexity index is 1240. The summed E-state index contributed by atoms with van der Waals surface area (Å²) in [4.78, 5) is 12.8. The molecule has 0 aliphatic carbocycles. The van der Waals surface area contributed by atoms with E-state index in [1.807, 2.05) is 0 Å². The SMILES string of the molecule is O=C(NCCOc1ccc(F)cc1)[C@H]1CN(S(=O)(=O)c2ccc(Cl)cc2)c2ccccc2O1. The minimum absolute atomic E-state index is 0.0514.